The molecule has 1 N–H and O–H groups in total. The molecule has 1 aromatic heterocycles. The van der Waals surface area contributed by atoms with Crippen molar-refractivity contribution in [2.24, 2.45) is 0 Å². The summed E-state index contributed by atoms with van der Waals surface area (Å²) in [6.07, 6.45) is 1.29. The molecule has 3 aromatic rings. The van der Waals surface area contributed by atoms with E-state index in [1.807, 2.05) is 6.92 Å². The molecule has 0 atom stereocenters. The van der Waals surface area contributed by atoms with Gasteiger partial charge in [-0.15, -0.1) is 0 Å². The van der Waals surface area contributed by atoms with Crippen LogP contribution in [0.5, 0.6) is 5.75 Å². The quantitative estimate of drug-likeness (QED) is 0.565. The number of non-ortho nitro benzene ring substituents is 1. The summed E-state index contributed by atoms with van der Waals surface area (Å²) >= 11 is 0. The van der Waals surface area contributed by atoms with Crippen LogP contribution in [0.4, 0.5) is 11.4 Å². The van der Waals surface area contributed by atoms with Gasteiger partial charge < -0.3 is 14.5 Å². The third-order valence-corrected chi connectivity index (χ3v) is 3.42. The average molecular weight is 326 g/mol. The maximum absolute atomic E-state index is 12.5. The molecule has 0 spiro atoms. The first-order valence-corrected chi connectivity index (χ1v) is 7.28. The minimum absolute atomic E-state index is 0.101. The molecule has 1 heterocycles. The second-order valence-corrected chi connectivity index (χ2v) is 5.00. The van der Waals surface area contributed by atoms with E-state index in [9.17, 15) is 14.9 Å². The van der Waals surface area contributed by atoms with Crippen molar-refractivity contribution in [2.45, 2.75) is 6.92 Å². The van der Waals surface area contributed by atoms with Crippen LogP contribution in [0, 0.1) is 10.1 Å². The molecule has 0 aliphatic carbocycles. The molecule has 0 bridgehead atoms. The third-order valence-electron chi connectivity index (χ3n) is 3.42. The fraction of sp³-hybridized carbons (Fsp3) is 0.118. The number of hydrogen-bond donors (Lipinski definition) is 1. The molecule has 0 radical (unpaired) electrons. The molecule has 0 saturated carbocycles. The predicted molar refractivity (Wildman–Crippen MR) is 88.4 cm³/mol. The highest BCUT2D eigenvalue weighted by atomic mass is 16.6. The van der Waals surface area contributed by atoms with E-state index in [2.05, 4.69) is 5.32 Å². The molecule has 0 aliphatic rings. The smallest absolute Gasteiger partial charge is 0.270 e. The SMILES string of the molecule is CCOc1cccc(NC(=O)c2coc3ccc([N+](=O)[O-])cc23)c1. The van der Waals surface area contributed by atoms with Crippen molar-refractivity contribution in [3.63, 3.8) is 0 Å². The van der Waals surface area contributed by atoms with E-state index in [1.54, 1.807) is 24.3 Å². The molecule has 0 fully saturated rings. The summed E-state index contributed by atoms with van der Waals surface area (Å²) in [6, 6.07) is 11.1. The number of ether oxygens (including phenoxy) is 1. The summed E-state index contributed by atoms with van der Waals surface area (Å²) in [5, 5.41) is 14.0. The van der Waals surface area contributed by atoms with Gasteiger partial charge in [0.05, 0.1) is 17.1 Å². The Kier molecular flexibility index (Phi) is 4.15. The Morgan fingerprint density at radius 2 is 2.12 bits per heavy atom. The van der Waals surface area contributed by atoms with Crippen molar-refractivity contribution in [3.05, 3.63) is 64.4 Å². The van der Waals surface area contributed by atoms with Crippen LogP contribution in [0.2, 0.25) is 0 Å². The molecule has 3 rings (SSSR count). The second-order valence-electron chi connectivity index (χ2n) is 5.00. The van der Waals surface area contributed by atoms with Gasteiger partial charge in [-0.25, -0.2) is 0 Å². The molecule has 7 heteroatoms. The van der Waals surface area contributed by atoms with E-state index in [4.69, 9.17) is 9.15 Å². The normalized spacial score (nSPS) is 10.5. The highest BCUT2D eigenvalue weighted by Crippen LogP contribution is 2.27. The summed E-state index contributed by atoms with van der Waals surface area (Å²) in [7, 11) is 0. The van der Waals surface area contributed by atoms with Gasteiger partial charge in [-0.2, -0.15) is 0 Å². The van der Waals surface area contributed by atoms with Crippen molar-refractivity contribution < 1.29 is 18.9 Å². The first-order chi connectivity index (χ1) is 11.6. The first-order valence-electron chi connectivity index (χ1n) is 7.28. The molecule has 0 aliphatic heterocycles. The Hall–Kier alpha value is -3.35. The van der Waals surface area contributed by atoms with Gasteiger partial charge >= 0.3 is 0 Å². The lowest BCUT2D eigenvalue weighted by Crippen LogP contribution is -2.11. The largest absolute Gasteiger partial charge is 0.494 e. The van der Waals surface area contributed by atoms with Crippen LogP contribution in [0.25, 0.3) is 11.0 Å². The molecule has 0 unspecified atom stereocenters. The number of anilines is 1. The highest BCUT2D eigenvalue weighted by molar-refractivity contribution is 6.12. The van der Waals surface area contributed by atoms with Crippen LogP contribution >= 0.6 is 0 Å². The zero-order valence-electron chi connectivity index (χ0n) is 12.8. The van der Waals surface area contributed by atoms with Crippen molar-refractivity contribution >= 4 is 28.3 Å². The molecule has 7 nitrogen and oxygen atoms in total. The number of amides is 1. The third kappa shape index (κ3) is 3.05. The Balaban J connectivity index is 1.90. The predicted octanol–water partition coefficient (Wildman–Crippen LogP) is 3.99. The zero-order chi connectivity index (χ0) is 17.1. The minimum Gasteiger partial charge on any atom is -0.494 e. The van der Waals surface area contributed by atoms with Crippen molar-refractivity contribution in [3.8, 4) is 5.75 Å². The minimum atomic E-state index is -0.514. The van der Waals surface area contributed by atoms with Crippen molar-refractivity contribution in [2.75, 3.05) is 11.9 Å². The number of nitro groups is 1. The average Bonchev–Trinajstić information content (AvgIpc) is 2.98. The standard InChI is InChI=1S/C17H14N2O5/c1-2-23-13-5-3-4-11(8-13)18-17(20)15-10-24-16-7-6-12(19(21)22)9-14(15)16/h3-10H,2H2,1H3,(H,18,20). The number of fused-ring (bicyclic) bond motifs is 1. The zero-order valence-corrected chi connectivity index (χ0v) is 12.8. The summed E-state index contributed by atoms with van der Waals surface area (Å²) in [4.78, 5) is 22.8. The van der Waals surface area contributed by atoms with Gasteiger partial charge in [-0.3, -0.25) is 14.9 Å². The number of hydrogen-bond acceptors (Lipinski definition) is 5. The van der Waals surface area contributed by atoms with Crippen LogP contribution in [0.15, 0.2) is 53.1 Å². The molecule has 2 aromatic carbocycles. The Bertz CT molecular complexity index is 916. The number of benzene rings is 2. The van der Waals surface area contributed by atoms with Gasteiger partial charge in [0, 0.05) is 29.3 Å². The lowest BCUT2D eigenvalue weighted by atomic mass is 10.1. The summed E-state index contributed by atoms with van der Waals surface area (Å²) in [5.41, 5.74) is 1.10. The molecular formula is C17H14N2O5. The van der Waals surface area contributed by atoms with Gasteiger partial charge in [-0.1, -0.05) is 6.07 Å². The van der Waals surface area contributed by atoms with Crippen molar-refractivity contribution in [1.29, 1.82) is 0 Å². The molecule has 122 valence electrons. The molecule has 0 saturated heterocycles. The van der Waals surface area contributed by atoms with Gasteiger partial charge in [0.1, 0.15) is 17.6 Å². The second kappa shape index (κ2) is 6.41. The van der Waals surface area contributed by atoms with Gasteiger partial charge in [0.2, 0.25) is 0 Å². The van der Waals surface area contributed by atoms with Crippen LogP contribution in [0.1, 0.15) is 17.3 Å². The van der Waals surface area contributed by atoms with E-state index in [1.165, 1.54) is 24.5 Å². The number of nitrogens with one attached hydrogen (secondary N) is 1. The highest BCUT2D eigenvalue weighted by Gasteiger charge is 2.17. The molecule has 24 heavy (non-hydrogen) atoms. The molecule has 1 amide bonds. The number of furan rings is 1. The lowest BCUT2D eigenvalue weighted by molar-refractivity contribution is -0.384. The van der Waals surface area contributed by atoms with Crippen LogP contribution < -0.4 is 10.1 Å². The number of nitro benzene ring substituents is 1. The van der Waals surface area contributed by atoms with E-state index in [0.29, 0.717) is 29.0 Å². The number of carbonyl (C=O) groups is 1. The Labute approximate surface area is 137 Å². The first kappa shape index (κ1) is 15.5. The maximum atomic E-state index is 12.5. The van der Waals surface area contributed by atoms with Crippen LogP contribution in [0.3, 0.4) is 0 Å². The fourth-order valence-electron chi connectivity index (χ4n) is 2.34. The topological polar surface area (TPSA) is 94.6 Å². The van der Waals surface area contributed by atoms with Crippen LogP contribution in [-0.4, -0.2) is 17.4 Å². The van der Waals surface area contributed by atoms with Gasteiger partial charge in [0.15, 0.2) is 0 Å². The summed E-state index contributed by atoms with van der Waals surface area (Å²) in [5.74, 6) is 0.228. The molecular weight excluding hydrogens is 312 g/mol. The van der Waals surface area contributed by atoms with E-state index in [-0.39, 0.29) is 11.3 Å². The monoisotopic (exact) mass is 326 g/mol. The van der Waals surface area contributed by atoms with Gasteiger partial charge in [-0.05, 0) is 25.1 Å². The Morgan fingerprint density at radius 3 is 2.88 bits per heavy atom. The van der Waals surface area contributed by atoms with E-state index < -0.39 is 10.8 Å². The summed E-state index contributed by atoms with van der Waals surface area (Å²) in [6.45, 7) is 2.39. The number of carbonyl (C=O) groups excluding carboxylic acids is 1. The van der Waals surface area contributed by atoms with Gasteiger partial charge in [0.25, 0.3) is 11.6 Å². The lowest BCUT2D eigenvalue weighted by Gasteiger charge is -2.07. The number of nitrogens with zero attached hydrogens (tertiary/aromatic N) is 1. The number of rotatable bonds is 5. The summed E-state index contributed by atoms with van der Waals surface area (Å²) < 4.78 is 10.7. The van der Waals surface area contributed by atoms with Crippen molar-refractivity contribution in [1.82, 2.24) is 0 Å². The van der Waals surface area contributed by atoms with Crippen LogP contribution in [-0.2, 0) is 0 Å². The maximum Gasteiger partial charge on any atom is 0.270 e. The van der Waals surface area contributed by atoms with E-state index >= 15 is 0 Å². The fourth-order valence-corrected chi connectivity index (χ4v) is 2.34. The van der Waals surface area contributed by atoms with E-state index in [0.717, 1.165) is 0 Å². The Morgan fingerprint density at radius 1 is 1.29 bits per heavy atom.